The SMILES string of the molecule is CC(C)NC(=O)C(C)n1cncc1C1CCCNC1. The molecule has 1 saturated heterocycles. The molecule has 106 valence electrons. The lowest BCUT2D eigenvalue weighted by Crippen LogP contribution is -2.37. The molecule has 5 heteroatoms. The molecule has 1 aliphatic heterocycles. The van der Waals surface area contributed by atoms with E-state index in [4.69, 9.17) is 0 Å². The third kappa shape index (κ3) is 3.35. The Hall–Kier alpha value is -1.36. The first-order valence-corrected chi connectivity index (χ1v) is 7.12. The predicted molar refractivity (Wildman–Crippen MR) is 75.1 cm³/mol. The molecule has 1 aromatic rings. The summed E-state index contributed by atoms with van der Waals surface area (Å²) in [7, 11) is 0. The molecule has 1 fully saturated rings. The first kappa shape index (κ1) is 14.1. The second kappa shape index (κ2) is 6.19. The Morgan fingerprint density at radius 2 is 2.32 bits per heavy atom. The molecule has 2 heterocycles. The van der Waals surface area contributed by atoms with E-state index < -0.39 is 0 Å². The number of hydrogen-bond donors (Lipinski definition) is 2. The Balaban J connectivity index is 2.11. The fraction of sp³-hybridized carbons (Fsp3) is 0.714. The van der Waals surface area contributed by atoms with Gasteiger partial charge in [0.05, 0.1) is 6.33 Å². The highest BCUT2D eigenvalue weighted by molar-refractivity contribution is 5.80. The van der Waals surface area contributed by atoms with Gasteiger partial charge in [-0.3, -0.25) is 4.79 Å². The van der Waals surface area contributed by atoms with Gasteiger partial charge in [0.1, 0.15) is 6.04 Å². The number of carbonyl (C=O) groups excluding carboxylic acids is 1. The molecular weight excluding hydrogens is 240 g/mol. The van der Waals surface area contributed by atoms with Crippen LogP contribution in [0.3, 0.4) is 0 Å². The lowest BCUT2D eigenvalue weighted by molar-refractivity contribution is -0.124. The topological polar surface area (TPSA) is 59.0 Å². The van der Waals surface area contributed by atoms with Crippen molar-refractivity contribution in [2.75, 3.05) is 13.1 Å². The quantitative estimate of drug-likeness (QED) is 0.865. The minimum Gasteiger partial charge on any atom is -0.352 e. The summed E-state index contributed by atoms with van der Waals surface area (Å²) in [4.78, 5) is 16.3. The average molecular weight is 264 g/mol. The standard InChI is InChI=1S/C14H24N4O/c1-10(2)17-14(19)11(3)18-9-16-8-13(18)12-5-4-6-15-7-12/h8-12,15H,4-7H2,1-3H3,(H,17,19). The van der Waals surface area contributed by atoms with Crippen molar-refractivity contribution < 1.29 is 4.79 Å². The third-order valence-corrected chi connectivity index (χ3v) is 3.64. The largest absolute Gasteiger partial charge is 0.352 e. The van der Waals surface area contributed by atoms with E-state index in [-0.39, 0.29) is 18.0 Å². The number of rotatable bonds is 4. The van der Waals surface area contributed by atoms with Gasteiger partial charge in [-0.2, -0.15) is 0 Å². The normalized spacial score (nSPS) is 21.4. The zero-order valence-electron chi connectivity index (χ0n) is 12.0. The number of nitrogens with one attached hydrogen (secondary N) is 2. The molecule has 2 unspecified atom stereocenters. The zero-order valence-corrected chi connectivity index (χ0v) is 12.0. The first-order valence-electron chi connectivity index (χ1n) is 7.12. The van der Waals surface area contributed by atoms with E-state index in [9.17, 15) is 4.79 Å². The van der Waals surface area contributed by atoms with Crippen molar-refractivity contribution in [2.45, 2.75) is 51.6 Å². The second-order valence-corrected chi connectivity index (χ2v) is 5.61. The lowest BCUT2D eigenvalue weighted by Gasteiger charge is -2.26. The summed E-state index contributed by atoms with van der Waals surface area (Å²) in [5.74, 6) is 0.517. The maximum absolute atomic E-state index is 12.1. The fourth-order valence-corrected chi connectivity index (χ4v) is 2.59. The van der Waals surface area contributed by atoms with Crippen LogP contribution in [0.5, 0.6) is 0 Å². The summed E-state index contributed by atoms with van der Waals surface area (Å²) in [6.45, 7) is 7.95. The van der Waals surface area contributed by atoms with Gasteiger partial charge in [-0.25, -0.2) is 4.98 Å². The van der Waals surface area contributed by atoms with Crippen molar-refractivity contribution in [3.63, 3.8) is 0 Å². The van der Waals surface area contributed by atoms with Gasteiger partial charge < -0.3 is 15.2 Å². The number of carbonyl (C=O) groups is 1. The van der Waals surface area contributed by atoms with Crippen LogP contribution < -0.4 is 10.6 Å². The Kier molecular flexibility index (Phi) is 4.58. The molecule has 1 aromatic heterocycles. The summed E-state index contributed by atoms with van der Waals surface area (Å²) < 4.78 is 2.01. The fourth-order valence-electron chi connectivity index (χ4n) is 2.59. The van der Waals surface area contributed by atoms with Gasteiger partial charge in [0, 0.05) is 30.4 Å². The zero-order chi connectivity index (χ0) is 13.8. The Bertz CT molecular complexity index is 421. The van der Waals surface area contributed by atoms with E-state index in [0.717, 1.165) is 19.5 Å². The molecule has 1 amide bonds. The number of imidazole rings is 1. The summed E-state index contributed by atoms with van der Waals surface area (Å²) in [6, 6.07) is -0.0416. The molecule has 19 heavy (non-hydrogen) atoms. The van der Waals surface area contributed by atoms with E-state index in [1.165, 1.54) is 12.1 Å². The van der Waals surface area contributed by atoms with E-state index in [2.05, 4.69) is 15.6 Å². The molecule has 1 aliphatic rings. The van der Waals surface area contributed by atoms with Gasteiger partial charge >= 0.3 is 0 Å². The summed E-state index contributed by atoms with van der Waals surface area (Å²) >= 11 is 0. The highest BCUT2D eigenvalue weighted by atomic mass is 16.2. The van der Waals surface area contributed by atoms with E-state index >= 15 is 0 Å². The van der Waals surface area contributed by atoms with Crippen molar-refractivity contribution in [1.82, 2.24) is 20.2 Å². The molecule has 0 radical (unpaired) electrons. The third-order valence-electron chi connectivity index (χ3n) is 3.64. The van der Waals surface area contributed by atoms with Gasteiger partial charge in [0.25, 0.3) is 0 Å². The summed E-state index contributed by atoms with van der Waals surface area (Å²) in [6.07, 6.45) is 6.02. The Labute approximate surface area is 114 Å². The van der Waals surface area contributed by atoms with Crippen LogP contribution in [0, 0.1) is 0 Å². The lowest BCUT2D eigenvalue weighted by atomic mass is 9.96. The van der Waals surface area contributed by atoms with Crippen LogP contribution in [0.2, 0.25) is 0 Å². The van der Waals surface area contributed by atoms with E-state index in [1.54, 1.807) is 6.33 Å². The number of nitrogens with zero attached hydrogens (tertiary/aromatic N) is 2. The molecule has 5 nitrogen and oxygen atoms in total. The van der Waals surface area contributed by atoms with Gasteiger partial charge in [0.15, 0.2) is 0 Å². The van der Waals surface area contributed by atoms with Crippen LogP contribution in [-0.4, -0.2) is 34.6 Å². The van der Waals surface area contributed by atoms with E-state index in [0.29, 0.717) is 5.92 Å². The van der Waals surface area contributed by atoms with Gasteiger partial charge in [-0.15, -0.1) is 0 Å². The van der Waals surface area contributed by atoms with Crippen LogP contribution in [0.1, 0.15) is 51.3 Å². The molecule has 0 aromatic carbocycles. The smallest absolute Gasteiger partial charge is 0.243 e. The maximum atomic E-state index is 12.1. The molecule has 0 saturated carbocycles. The molecule has 0 bridgehead atoms. The van der Waals surface area contributed by atoms with Crippen LogP contribution in [0.15, 0.2) is 12.5 Å². The van der Waals surface area contributed by atoms with Crippen LogP contribution >= 0.6 is 0 Å². The molecule has 2 atom stereocenters. The van der Waals surface area contributed by atoms with Crippen LogP contribution in [0.4, 0.5) is 0 Å². The summed E-state index contributed by atoms with van der Waals surface area (Å²) in [5.41, 5.74) is 1.17. The number of hydrogen-bond acceptors (Lipinski definition) is 3. The number of aromatic nitrogens is 2. The van der Waals surface area contributed by atoms with Gasteiger partial charge in [-0.05, 0) is 40.2 Å². The van der Waals surface area contributed by atoms with Crippen LogP contribution in [0.25, 0.3) is 0 Å². The molecule has 2 rings (SSSR count). The van der Waals surface area contributed by atoms with Gasteiger partial charge in [0.2, 0.25) is 5.91 Å². The van der Waals surface area contributed by atoms with Crippen LogP contribution in [-0.2, 0) is 4.79 Å². The van der Waals surface area contributed by atoms with Gasteiger partial charge in [-0.1, -0.05) is 0 Å². The van der Waals surface area contributed by atoms with Crippen molar-refractivity contribution in [1.29, 1.82) is 0 Å². The second-order valence-electron chi connectivity index (χ2n) is 5.61. The Morgan fingerprint density at radius 1 is 1.53 bits per heavy atom. The average Bonchev–Trinajstić information content (AvgIpc) is 2.87. The highest BCUT2D eigenvalue weighted by Gasteiger charge is 2.23. The minimum atomic E-state index is -0.207. The monoisotopic (exact) mass is 264 g/mol. The molecule has 2 N–H and O–H groups in total. The highest BCUT2D eigenvalue weighted by Crippen LogP contribution is 2.25. The van der Waals surface area contributed by atoms with E-state index in [1.807, 2.05) is 31.5 Å². The number of piperidine rings is 1. The molecule has 0 aliphatic carbocycles. The maximum Gasteiger partial charge on any atom is 0.243 e. The Morgan fingerprint density at radius 3 is 2.95 bits per heavy atom. The minimum absolute atomic E-state index is 0.0537. The number of amides is 1. The van der Waals surface area contributed by atoms with Crippen molar-refractivity contribution >= 4 is 5.91 Å². The molecular formula is C14H24N4O. The first-order chi connectivity index (χ1) is 9.09. The van der Waals surface area contributed by atoms with Crippen molar-refractivity contribution in [3.05, 3.63) is 18.2 Å². The van der Waals surface area contributed by atoms with Crippen molar-refractivity contribution in [2.24, 2.45) is 0 Å². The van der Waals surface area contributed by atoms with Crippen molar-refractivity contribution in [3.8, 4) is 0 Å². The molecule has 0 spiro atoms. The predicted octanol–water partition coefficient (Wildman–Crippen LogP) is 1.44. The summed E-state index contributed by atoms with van der Waals surface area (Å²) in [5, 5.41) is 6.37.